The van der Waals surface area contributed by atoms with Gasteiger partial charge in [-0.3, -0.25) is 9.59 Å². The molecular formula is C20H20ClN3O2S. The number of carbonyl (C=O) groups is 2. The molecule has 5 nitrogen and oxygen atoms in total. The first-order valence-electron chi connectivity index (χ1n) is 8.97. The summed E-state index contributed by atoms with van der Waals surface area (Å²) in [5.74, 6) is 0.769. The number of nitrogens with zero attached hydrogens (tertiary/aromatic N) is 2. The third kappa shape index (κ3) is 4.06. The largest absolute Gasteiger partial charge is 0.368 e. The number of thioether (sulfide) groups is 1. The molecule has 4 rings (SSSR count). The average Bonchev–Trinajstić information content (AvgIpc) is 2.87. The van der Waals surface area contributed by atoms with Crippen LogP contribution in [0.2, 0.25) is 5.02 Å². The van der Waals surface area contributed by atoms with Crippen molar-refractivity contribution in [2.75, 3.05) is 42.1 Å². The Labute approximate surface area is 167 Å². The molecule has 2 aliphatic heterocycles. The molecule has 7 heteroatoms. The molecule has 0 bridgehead atoms. The lowest BCUT2D eigenvalue weighted by Gasteiger charge is -2.36. The molecule has 1 N–H and O–H groups in total. The fraction of sp³-hybridized carbons (Fsp3) is 0.300. The van der Waals surface area contributed by atoms with Gasteiger partial charge in [-0.2, -0.15) is 0 Å². The van der Waals surface area contributed by atoms with E-state index >= 15 is 0 Å². The van der Waals surface area contributed by atoms with E-state index < -0.39 is 0 Å². The summed E-state index contributed by atoms with van der Waals surface area (Å²) < 4.78 is 0. The molecule has 0 atom stereocenters. The molecule has 0 aliphatic carbocycles. The Kier molecular flexibility index (Phi) is 5.27. The number of anilines is 2. The predicted molar refractivity (Wildman–Crippen MR) is 110 cm³/mol. The van der Waals surface area contributed by atoms with E-state index in [1.807, 2.05) is 41.3 Å². The summed E-state index contributed by atoms with van der Waals surface area (Å²) in [4.78, 5) is 29.8. The molecule has 0 unspecified atom stereocenters. The van der Waals surface area contributed by atoms with Crippen LogP contribution >= 0.6 is 23.4 Å². The Morgan fingerprint density at radius 3 is 2.67 bits per heavy atom. The molecule has 2 aliphatic rings. The molecule has 0 aromatic heterocycles. The minimum atomic E-state index is 0.000912. The van der Waals surface area contributed by atoms with Crippen molar-refractivity contribution in [3.05, 3.63) is 53.1 Å². The maximum absolute atomic E-state index is 12.9. The van der Waals surface area contributed by atoms with E-state index in [0.717, 1.165) is 40.1 Å². The van der Waals surface area contributed by atoms with Crippen LogP contribution in [0, 0.1) is 0 Å². The first kappa shape index (κ1) is 18.2. The third-order valence-electron chi connectivity index (χ3n) is 4.83. The van der Waals surface area contributed by atoms with Crippen molar-refractivity contribution in [2.24, 2.45) is 0 Å². The van der Waals surface area contributed by atoms with Crippen LogP contribution in [0.15, 0.2) is 47.4 Å². The summed E-state index contributed by atoms with van der Waals surface area (Å²) in [5.41, 5.74) is 2.44. The van der Waals surface area contributed by atoms with Gasteiger partial charge in [-0.1, -0.05) is 17.7 Å². The Morgan fingerprint density at radius 1 is 1.07 bits per heavy atom. The van der Waals surface area contributed by atoms with Crippen LogP contribution in [-0.2, 0) is 4.79 Å². The number of nitrogens with one attached hydrogen (secondary N) is 1. The van der Waals surface area contributed by atoms with E-state index in [1.54, 1.807) is 17.8 Å². The van der Waals surface area contributed by atoms with E-state index in [4.69, 9.17) is 11.6 Å². The van der Waals surface area contributed by atoms with Gasteiger partial charge in [0, 0.05) is 59.5 Å². The highest BCUT2D eigenvalue weighted by molar-refractivity contribution is 7.99. The standard InChI is InChI=1S/C20H20ClN3O2S/c21-15-2-1-3-16(13-15)23-7-9-24(10-8-23)20(26)14-4-5-18-17(12-14)22-19(25)6-11-27-18/h1-5,12-13H,6-11H2,(H,22,25). The van der Waals surface area contributed by atoms with Gasteiger partial charge in [-0.25, -0.2) is 0 Å². The van der Waals surface area contributed by atoms with Crippen molar-refractivity contribution in [1.82, 2.24) is 4.90 Å². The van der Waals surface area contributed by atoms with Gasteiger partial charge in [0.15, 0.2) is 0 Å². The third-order valence-corrected chi connectivity index (χ3v) is 6.14. The number of halogens is 1. The van der Waals surface area contributed by atoms with Crippen LogP contribution in [0.25, 0.3) is 0 Å². The predicted octanol–water partition coefficient (Wildman–Crippen LogP) is 3.74. The zero-order chi connectivity index (χ0) is 18.8. The molecule has 1 fully saturated rings. The quantitative estimate of drug-likeness (QED) is 0.832. The Hall–Kier alpha value is -2.18. The number of amides is 2. The van der Waals surface area contributed by atoms with Crippen LogP contribution in [0.5, 0.6) is 0 Å². The molecule has 2 aromatic carbocycles. The number of hydrogen-bond acceptors (Lipinski definition) is 4. The first-order chi connectivity index (χ1) is 13.1. The number of fused-ring (bicyclic) bond motifs is 1. The normalized spacial score (nSPS) is 17.1. The second-order valence-electron chi connectivity index (χ2n) is 6.62. The molecule has 2 amide bonds. The van der Waals surface area contributed by atoms with E-state index in [-0.39, 0.29) is 11.8 Å². The average molecular weight is 402 g/mol. The van der Waals surface area contributed by atoms with Gasteiger partial charge >= 0.3 is 0 Å². The van der Waals surface area contributed by atoms with Crippen LogP contribution < -0.4 is 10.2 Å². The maximum atomic E-state index is 12.9. The zero-order valence-corrected chi connectivity index (χ0v) is 16.4. The fourth-order valence-corrected chi connectivity index (χ4v) is 4.50. The molecule has 140 valence electrons. The van der Waals surface area contributed by atoms with Crippen molar-refractivity contribution in [2.45, 2.75) is 11.3 Å². The molecule has 2 aromatic rings. The van der Waals surface area contributed by atoms with Gasteiger partial charge in [0.1, 0.15) is 0 Å². The van der Waals surface area contributed by atoms with E-state index in [2.05, 4.69) is 10.2 Å². The second-order valence-corrected chi connectivity index (χ2v) is 8.19. The molecule has 0 saturated carbocycles. The van der Waals surface area contributed by atoms with Crippen molar-refractivity contribution < 1.29 is 9.59 Å². The summed E-state index contributed by atoms with van der Waals surface area (Å²) in [6.07, 6.45) is 0.494. The van der Waals surface area contributed by atoms with Gasteiger partial charge < -0.3 is 15.1 Å². The smallest absolute Gasteiger partial charge is 0.254 e. The fourth-order valence-electron chi connectivity index (χ4n) is 3.38. The molecule has 2 heterocycles. The van der Waals surface area contributed by atoms with Gasteiger partial charge in [0.2, 0.25) is 5.91 Å². The summed E-state index contributed by atoms with van der Waals surface area (Å²) >= 11 is 7.72. The van der Waals surface area contributed by atoms with E-state index in [1.165, 1.54) is 0 Å². The van der Waals surface area contributed by atoms with E-state index in [0.29, 0.717) is 25.1 Å². The highest BCUT2D eigenvalue weighted by Gasteiger charge is 2.24. The lowest BCUT2D eigenvalue weighted by atomic mass is 10.1. The lowest BCUT2D eigenvalue weighted by Crippen LogP contribution is -2.48. The lowest BCUT2D eigenvalue weighted by molar-refractivity contribution is -0.115. The second kappa shape index (κ2) is 7.82. The van der Waals surface area contributed by atoms with Crippen LogP contribution in [0.1, 0.15) is 16.8 Å². The highest BCUT2D eigenvalue weighted by Crippen LogP contribution is 2.32. The Bertz CT molecular complexity index is 881. The molecule has 0 radical (unpaired) electrons. The highest BCUT2D eigenvalue weighted by atomic mass is 35.5. The Balaban J connectivity index is 1.44. The first-order valence-corrected chi connectivity index (χ1v) is 10.3. The molecular weight excluding hydrogens is 382 g/mol. The van der Waals surface area contributed by atoms with Gasteiger partial charge in [-0.05, 0) is 36.4 Å². The van der Waals surface area contributed by atoms with Gasteiger partial charge in [0.05, 0.1) is 5.69 Å². The number of piperazine rings is 1. The summed E-state index contributed by atoms with van der Waals surface area (Å²) in [7, 11) is 0. The van der Waals surface area contributed by atoms with Crippen LogP contribution in [0.3, 0.4) is 0 Å². The van der Waals surface area contributed by atoms with Crippen molar-refractivity contribution in [1.29, 1.82) is 0 Å². The monoisotopic (exact) mass is 401 g/mol. The zero-order valence-electron chi connectivity index (χ0n) is 14.8. The number of hydrogen-bond donors (Lipinski definition) is 1. The topological polar surface area (TPSA) is 52.7 Å². The number of rotatable bonds is 2. The number of benzene rings is 2. The van der Waals surface area contributed by atoms with Crippen molar-refractivity contribution >= 4 is 46.6 Å². The maximum Gasteiger partial charge on any atom is 0.254 e. The molecule has 27 heavy (non-hydrogen) atoms. The Morgan fingerprint density at radius 2 is 1.89 bits per heavy atom. The minimum absolute atomic E-state index is 0.000912. The van der Waals surface area contributed by atoms with Crippen LogP contribution in [-0.4, -0.2) is 48.6 Å². The SMILES string of the molecule is O=C1CCSc2ccc(C(=O)N3CCN(c4cccc(Cl)c4)CC3)cc2N1. The summed E-state index contributed by atoms with van der Waals surface area (Å²) in [6, 6.07) is 13.4. The number of carbonyl (C=O) groups excluding carboxylic acids is 2. The van der Waals surface area contributed by atoms with Crippen LogP contribution in [0.4, 0.5) is 11.4 Å². The summed E-state index contributed by atoms with van der Waals surface area (Å²) in [5, 5.41) is 3.62. The van der Waals surface area contributed by atoms with Crippen molar-refractivity contribution in [3.8, 4) is 0 Å². The molecule has 0 spiro atoms. The minimum Gasteiger partial charge on any atom is -0.368 e. The van der Waals surface area contributed by atoms with E-state index in [9.17, 15) is 9.59 Å². The van der Waals surface area contributed by atoms with Gasteiger partial charge in [-0.15, -0.1) is 11.8 Å². The van der Waals surface area contributed by atoms with Gasteiger partial charge in [0.25, 0.3) is 5.91 Å². The molecule has 1 saturated heterocycles. The summed E-state index contributed by atoms with van der Waals surface area (Å²) in [6.45, 7) is 2.85. The van der Waals surface area contributed by atoms with Crippen molar-refractivity contribution in [3.63, 3.8) is 0 Å².